The molecular weight excluding hydrogens is 302 g/mol. The maximum atomic E-state index is 12.4. The molecule has 0 amide bonds. The molecule has 0 aliphatic rings. The summed E-state index contributed by atoms with van der Waals surface area (Å²) in [6, 6.07) is 11.6. The SMILES string of the molecule is Cc1onc(-c2ccncc2)c1NS(=O)(=O)c1ccccc1. The van der Waals surface area contributed by atoms with Crippen LogP contribution in [-0.2, 0) is 10.0 Å². The first-order chi connectivity index (χ1) is 10.6. The van der Waals surface area contributed by atoms with Crippen LogP contribution >= 0.6 is 0 Å². The molecule has 3 aromatic rings. The van der Waals surface area contributed by atoms with Crippen molar-refractivity contribution >= 4 is 15.7 Å². The molecule has 0 radical (unpaired) electrons. The lowest BCUT2D eigenvalue weighted by atomic mass is 10.1. The molecule has 2 aromatic heterocycles. The Labute approximate surface area is 127 Å². The molecule has 0 spiro atoms. The predicted octanol–water partition coefficient (Wildman–Crippen LogP) is 2.85. The summed E-state index contributed by atoms with van der Waals surface area (Å²) < 4.78 is 32.6. The van der Waals surface area contributed by atoms with E-state index in [-0.39, 0.29) is 4.90 Å². The van der Waals surface area contributed by atoms with Crippen LogP contribution in [0.1, 0.15) is 5.76 Å². The van der Waals surface area contributed by atoms with Crippen LogP contribution in [0.5, 0.6) is 0 Å². The Kier molecular flexibility index (Phi) is 3.64. The fraction of sp³-hybridized carbons (Fsp3) is 0.0667. The van der Waals surface area contributed by atoms with Crippen molar-refractivity contribution in [3.8, 4) is 11.3 Å². The summed E-state index contributed by atoms with van der Waals surface area (Å²) in [5.74, 6) is 0.395. The number of hydrogen-bond acceptors (Lipinski definition) is 5. The predicted molar refractivity (Wildman–Crippen MR) is 81.7 cm³/mol. The summed E-state index contributed by atoms with van der Waals surface area (Å²) in [6.45, 7) is 1.65. The van der Waals surface area contributed by atoms with E-state index in [1.807, 2.05) is 0 Å². The Morgan fingerprint density at radius 1 is 1.05 bits per heavy atom. The monoisotopic (exact) mass is 315 g/mol. The van der Waals surface area contributed by atoms with Crippen LogP contribution in [0.2, 0.25) is 0 Å². The number of sulfonamides is 1. The zero-order valence-electron chi connectivity index (χ0n) is 11.7. The molecule has 0 bridgehead atoms. The Morgan fingerprint density at radius 2 is 1.73 bits per heavy atom. The number of rotatable bonds is 4. The highest BCUT2D eigenvalue weighted by molar-refractivity contribution is 7.92. The van der Waals surface area contributed by atoms with Gasteiger partial charge in [-0.1, -0.05) is 23.4 Å². The fourth-order valence-electron chi connectivity index (χ4n) is 1.99. The van der Waals surface area contributed by atoms with Crippen LogP contribution in [0.25, 0.3) is 11.3 Å². The first-order valence-electron chi connectivity index (χ1n) is 6.52. The van der Waals surface area contributed by atoms with Crippen molar-refractivity contribution < 1.29 is 12.9 Å². The molecule has 6 nitrogen and oxygen atoms in total. The second-order valence-corrected chi connectivity index (χ2v) is 6.30. The second-order valence-electron chi connectivity index (χ2n) is 4.62. The van der Waals surface area contributed by atoms with E-state index < -0.39 is 10.0 Å². The molecule has 3 rings (SSSR count). The van der Waals surface area contributed by atoms with Crippen molar-refractivity contribution in [2.45, 2.75) is 11.8 Å². The van der Waals surface area contributed by atoms with Gasteiger partial charge in [0.1, 0.15) is 11.4 Å². The van der Waals surface area contributed by atoms with Crippen molar-refractivity contribution in [2.75, 3.05) is 4.72 Å². The molecule has 112 valence electrons. The summed E-state index contributed by atoms with van der Waals surface area (Å²) in [5, 5.41) is 3.93. The highest BCUT2D eigenvalue weighted by atomic mass is 32.2. The first kappa shape index (κ1) is 14.3. The van der Waals surface area contributed by atoms with Crippen LogP contribution in [0.4, 0.5) is 5.69 Å². The normalized spacial score (nSPS) is 11.3. The van der Waals surface area contributed by atoms with Gasteiger partial charge < -0.3 is 4.52 Å². The number of anilines is 1. The average molecular weight is 315 g/mol. The highest BCUT2D eigenvalue weighted by Gasteiger charge is 2.21. The molecule has 1 N–H and O–H groups in total. The van der Waals surface area contributed by atoms with Gasteiger partial charge in [-0.25, -0.2) is 8.42 Å². The summed E-state index contributed by atoms with van der Waals surface area (Å²) in [4.78, 5) is 4.11. The number of nitrogens with one attached hydrogen (secondary N) is 1. The van der Waals surface area contributed by atoms with Gasteiger partial charge in [0.2, 0.25) is 0 Å². The quantitative estimate of drug-likeness (QED) is 0.800. The zero-order chi connectivity index (χ0) is 15.6. The molecule has 0 unspecified atom stereocenters. The Morgan fingerprint density at radius 3 is 2.41 bits per heavy atom. The number of hydrogen-bond donors (Lipinski definition) is 1. The Balaban J connectivity index is 2.02. The van der Waals surface area contributed by atoms with Crippen molar-refractivity contribution in [2.24, 2.45) is 0 Å². The van der Waals surface area contributed by atoms with Crippen molar-refractivity contribution in [1.29, 1.82) is 0 Å². The first-order valence-corrected chi connectivity index (χ1v) is 8.01. The van der Waals surface area contributed by atoms with Crippen LogP contribution in [0.15, 0.2) is 64.3 Å². The molecule has 0 atom stereocenters. The largest absolute Gasteiger partial charge is 0.359 e. The van der Waals surface area contributed by atoms with Crippen molar-refractivity contribution in [3.63, 3.8) is 0 Å². The van der Waals surface area contributed by atoms with Gasteiger partial charge >= 0.3 is 0 Å². The molecule has 7 heteroatoms. The van der Waals surface area contributed by atoms with E-state index in [1.165, 1.54) is 12.1 Å². The van der Waals surface area contributed by atoms with Gasteiger partial charge in [-0.05, 0) is 31.2 Å². The van der Waals surface area contributed by atoms with Gasteiger partial charge in [0.25, 0.3) is 10.0 Å². The van der Waals surface area contributed by atoms with E-state index in [4.69, 9.17) is 4.52 Å². The van der Waals surface area contributed by atoms with E-state index in [1.54, 1.807) is 49.6 Å². The van der Waals surface area contributed by atoms with Gasteiger partial charge in [0, 0.05) is 18.0 Å². The minimum absolute atomic E-state index is 0.177. The highest BCUT2D eigenvalue weighted by Crippen LogP contribution is 2.31. The Hall–Kier alpha value is -2.67. The van der Waals surface area contributed by atoms with E-state index in [0.717, 1.165) is 5.56 Å². The molecule has 1 aromatic carbocycles. The molecule has 0 saturated carbocycles. The minimum atomic E-state index is -3.70. The zero-order valence-corrected chi connectivity index (χ0v) is 12.5. The van der Waals surface area contributed by atoms with Crippen molar-refractivity contribution in [3.05, 3.63) is 60.6 Å². The van der Waals surface area contributed by atoms with E-state index in [9.17, 15) is 8.42 Å². The smallest absolute Gasteiger partial charge is 0.262 e. The topological polar surface area (TPSA) is 85.1 Å². The molecule has 0 saturated heterocycles. The number of aryl methyl sites for hydroxylation is 1. The summed E-state index contributed by atoms with van der Waals surface area (Å²) in [5.41, 5.74) is 1.48. The summed E-state index contributed by atoms with van der Waals surface area (Å²) in [7, 11) is -3.70. The third-order valence-electron chi connectivity index (χ3n) is 3.11. The van der Waals surface area contributed by atoms with E-state index in [0.29, 0.717) is 17.1 Å². The third kappa shape index (κ3) is 2.71. The standard InChI is InChI=1S/C15H13N3O3S/c1-11-14(15(17-21-11)12-7-9-16-10-8-12)18-22(19,20)13-5-3-2-4-6-13/h2-10,18H,1H3. The van der Waals surface area contributed by atoms with Gasteiger partial charge in [-0.15, -0.1) is 0 Å². The molecule has 0 aliphatic carbocycles. The van der Waals surface area contributed by atoms with Crippen LogP contribution < -0.4 is 4.72 Å². The van der Waals surface area contributed by atoms with Gasteiger partial charge in [-0.3, -0.25) is 9.71 Å². The maximum absolute atomic E-state index is 12.4. The van der Waals surface area contributed by atoms with Crippen LogP contribution in [-0.4, -0.2) is 18.6 Å². The molecule has 22 heavy (non-hydrogen) atoms. The number of nitrogens with zero attached hydrogens (tertiary/aromatic N) is 2. The van der Waals surface area contributed by atoms with E-state index >= 15 is 0 Å². The number of aromatic nitrogens is 2. The van der Waals surface area contributed by atoms with E-state index in [2.05, 4.69) is 14.9 Å². The molecule has 0 fully saturated rings. The number of benzene rings is 1. The van der Waals surface area contributed by atoms with Gasteiger partial charge in [-0.2, -0.15) is 0 Å². The number of pyridine rings is 1. The molecule has 2 heterocycles. The van der Waals surface area contributed by atoms with Gasteiger partial charge in [0.15, 0.2) is 5.76 Å². The van der Waals surface area contributed by atoms with Gasteiger partial charge in [0.05, 0.1) is 4.90 Å². The summed E-state index contributed by atoms with van der Waals surface area (Å²) >= 11 is 0. The van der Waals surface area contributed by atoms with Crippen LogP contribution in [0, 0.1) is 6.92 Å². The lowest BCUT2D eigenvalue weighted by Crippen LogP contribution is -2.13. The fourth-order valence-corrected chi connectivity index (χ4v) is 3.13. The average Bonchev–Trinajstić information content (AvgIpc) is 2.90. The van der Waals surface area contributed by atoms with Crippen LogP contribution in [0.3, 0.4) is 0 Å². The molecular formula is C15H13N3O3S. The maximum Gasteiger partial charge on any atom is 0.262 e. The summed E-state index contributed by atoms with van der Waals surface area (Å²) in [6.07, 6.45) is 3.21. The Bertz CT molecular complexity index is 875. The van der Waals surface area contributed by atoms with Crippen molar-refractivity contribution in [1.82, 2.24) is 10.1 Å². The third-order valence-corrected chi connectivity index (χ3v) is 4.47. The minimum Gasteiger partial charge on any atom is -0.359 e. The lowest BCUT2D eigenvalue weighted by Gasteiger charge is -2.08. The lowest BCUT2D eigenvalue weighted by molar-refractivity contribution is 0.400. The second kappa shape index (κ2) is 5.61. The molecule has 0 aliphatic heterocycles.